The largest absolute Gasteiger partial charge is 0.462 e. The van der Waals surface area contributed by atoms with Crippen molar-refractivity contribution in [2.45, 2.75) is 164 Å². The molecule has 18 heteroatoms. The van der Waals surface area contributed by atoms with Crippen LogP contribution in [0.2, 0.25) is 0 Å². The predicted octanol–water partition coefficient (Wildman–Crippen LogP) is 0.419. The minimum absolute atomic E-state index is 0.00481. The van der Waals surface area contributed by atoms with E-state index in [9.17, 15) is 55.5 Å². The molecule has 1 amide bonds. The fraction of sp³-hybridized carbons (Fsp3) is 0.667. The molecule has 2 fully saturated rings. The van der Waals surface area contributed by atoms with E-state index < -0.39 is 97.5 Å². The molecule has 0 aromatic carbocycles. The summed E-state index contributed by atoms with van der Waals surface area (Å²) in [6, 6.07) is -0.967. The minimum atomic E-state index is -1.29. The Morgan fingerprint density at radius 3 is 1.92 bits per heavy atom. The van der Waals surface area contributed by atoms with Gasteiger partial charge in [0.1, 0.15) is 12.2 Å². The van der Waals surface area contributed by atoms with E-state index in [0.29, 0.717) is 13.0 Å². The summed E-state index contributed by atoms with van der Waals surface area (Å²) in [4.78, 5) is 25.2. The Morgan fingerprint density at radius 1 is 0.727 bits per heavy atom. The van der Waals surface area contributed by atoms with Gasteiger partial charge < -0.3 is 81.1 Å². The molecular weight excluding hydrogens is 861 g/mol. The van der Waals surface area contributed by atoms with Gasteiger partial charge in [-0.05, 0) is 46.0 Å². The molecule has 376 valence electrons. The molecule has 0 aromatic rings. The zero-order valence-corrected chi connectivity index (χ0v) is 38.5. The lowest BCUT2D eigenvalue weighted by Gasteiger charge is -2.39. The molecule has 2 aliphatic rings. The van der Waals surface area contributed by atoms with Crippen molar-refractivity contribution in [3.63, 3.8) is 0 Å². The van der Waals surface area contributed by atoms with Crippen molar-refractivity contribution < 1.29 is 79.6 Å². The van der Waals surface area contributed by atoms with Crippen LogP contribution in [-0.4, -0.2) is 175 Å². The van der Waals surface area contributed by atoms with Crippen LogP contribution in [0.25, 0.3) is 0 Å². The molecule has 16 atom stereocenters. The van der Waals surface area contributed by atoms with E-state index in [4.69, 9.17) is 29.8 Å². The van der Waals surface area contributed by atoms with E-state index >= 15 is 0 Å². The van der Waals surface area contributed by atoms with Crippen molar-refractivity contribution in [1.29, 1.82) is 0 Å². The fourth-order valence-corrected chi connectivity index (χ4v) is 7.27. The molecule has 2 saturated heterocycles. The second-order valence-corrected chi connectivity index (χ2v) is 17.0. The van der Waals surface area contributed by atoms with Crippen molar-refractivity contribution >= 4 is 11.9 Å². The Morgan fingerprint density at radius 2 is 1.32 bits per heavy atom. The van der Waals surface area contributed by atoms with Crippen LogP contribution in [0.15, 0.2) is 85.1 Å². The number of ether oxygens (including phenoxy) is 4. The van der Waals surface area contributed by atoms with Crippen molar-refractivity contribution in [3.8, 4) is 0 Å². The number of aliphatic hydroxyl groups excluding tert-OH is 10. The number of aliphatic hydroxyl groups is 10. The summed E-state index contributed by atoms with van der Waals surface area (Å²) in [7, 11) is 0. The van der Waals surface area contributed by atoms with E-state index in [1.54, 1.807) is 44.2 Å². The molecule has 66 heavy (non-hydrogen) atoms. The van der Waals surface area contributed by atoms with Gasteiger partial charge in [-0.25, -0.2) is 0 Å². The predicted molar refractivity (Wildman–Crippen MR) is 246 cm³/mol. The van der Waals surface area contributed by atoms with E-state index in [1.807, 2.05) is 61.6 Å². The third-order valence-electron chi connectivity index (χ3n) is 11.2. The number of hydrogen-bond donors (Lipinski definition) is 12. The molecule has 0 bridgehead atoms. The Labute approximate surface area is 389 Å². The molecule has 18 nitrogen and oxygen atoms in total. The van der Waals surface area contributed by atoms with E-state index in [1.165, 1.54) is 0 Å². The summed E-state index contributed by atoms with van der Waals surface area (Å²) < 4.78 is 22.8. The van der Waals surface area contributed by atoms with Gasteiger partial charge >= 0.3 is 5.97 Å². The normalized spacial score (nSPS) is 27.5. The van der Waals surface area contributed by atoms with Gasteiger partial charge in [-0.1, -0.05) is 92.0 Å². The summed E-state index contributed by atoms with van der Waals surface area (Å²) in [6.07, 6.45) is 12.6. The SMILES string of the molecule is CCNC(=O)[C@H]1[C@H](CC(/C=C/C=C/C=C/C=C/C=C/C=C/C=C/[C@H](C)[C@@H](O)C[C@H](C)OC(=O)CC(O)CC(O)CCC(O)C(O)CC(O)CCO)O[C@@H]2OC[C@@H](O)[C@H](N)[C@@H]2O)OCC[C@@H]1O. The average Bonchev–Trinajstić information content (AvgIpc) is 3.25. The van der Waals surface area contributed by atoms with Crippen molar-refractivity contribution in [1.82, 2.24) is 5.32 Å². The van der Waals surface area contributed by atoms with Crippen LogP contribution in [0.1, 0.15) is 78.6 Å². The molecular formula is C48H78N2O16. The molecule has 13 N–H and O–H groups in total. The van der Waals surface area contributed by atoms with E-state index in [2.05, 4.69) is 5.32 Å². The monoisotopic (exact) mass is 939 g/mol. The molecule has 0 radical (unpaired) electrons. The summed E-state index contributed by atoms with van der Waals surface area (Å²) in [5.74, 6) is -2.07. The van der Waals surface area contributed by atoms with Gasteiger partial charge in [0.15, 0.2) is 6.29 Å². The lowest BCUT2D eigenvalue weighted by atomic mass is 9.87. The lowest BCUT2D eigenvalue weighted by Crippen LogP contribution is -2.58. The topological polar surface area (TPSA) is 311 Å². The van der Waals surface area contributed by atoms with E-state index in [0.717, 1.165) is 0 Å². The first-order chi connectivity index (χ1) is 31.5. The molecule has 2 rings (SSSR count). The smallest absolute Gasteiger partial charge is 0.308 e. The number of nitrogens with two attached hydrogens (primary N) is 1. The molecule has 2 heterocycles. The number of esters is 1. The molecule has 0 saturated carbocycles. The number of hydrogen-bond acceptors (Lipinski definition) is 17. The van der Waals surface area contributed by atoms with Crippen LogP contribution < -0.4 is 11.1 Å². The van der Waals surface area contributed by atoms with Crippen LogP contribution in [-0.2, 0) is 28.5 Å². The Bertz CT molecular complexity index is 1570. The second kappa shape index (κ2) is 33.1. The maximum absolute atomic E-state index is 12.8. The minimum Gasteiger partial charge on any atom is -0.462 e. The van der Waals surface area contributed by atoms with Crippen LogP contribution in [0, 0.1) is 11.8 Å². The average molecular weight is 939 g/mol. The quantitative estimate of drug-likeness (QED) is 0.0343. The van der Waals surface area contributed by atoms with Crippen LogP contribution in [0.3, 0.4) is 0 Å². The first-order valence-corrected chi connectivity index (χ1v) is 23.0. The fourth-order valence-electron chi connectivity index (χ4n) is 7.27. The molecule has 0 aromatic heterocycles. The van der Waals surface area contributed by atoms with Gasteiger partial charge in [0.25, 0.3) is 0 Å². The number of amides is 1. The first kappa shape index (κ1) is 58.7. The third-order valence-corrected chi connectivity index (χ3v) is 11.2. The Hall–Kier alpha value is -3.44. The first-order valence-electron chi connectivity index (χ1n) is 23.0. The van der Waals surface area contributed by atoms with Gasteiger partial charge in [-0.3, -0.25) is 9.59 Å². The highest BCUT2D eigenvalue weighted by Crippen LogP contribution is 2.28. The van der Waals surface area contributed by atoms with Crippen LogP contribution >= 0.6 is 0 Å². The zero-order valence-electron chi connectivity index (χ0n) is 38.5. The van der Waals surface area contributed by atoms with Crippen LogP contribution in [0.4, 0.5) is 0 Å². The summed E-state index contributed by atoms with van der Waals surface area (Å²) in [5.41, 5.74) is 5.93. The zero-order chi connectivity index (χ0) is 49.0. The highest BCUT2D eigenvalue weighted by atomic mass is 16.7. The Kier molecular flexibility index (Phi) is 29.5. The molecule has 0 aliphatic carbocycles. The van der Waals surface area contributed by atoms with Crippen molar-refractivity contribution in [3.05, 3.63) is 85.1 Å². The number of nitrogens with one attached hydrogen (secondary N) is 1. The Balaban J connectivity index is 1.76. The van der Waals surface area contributed by atoms with Gasteiger partial charge in [-0.15, -0.1) is 0 Å². The summed E-state index contributed by atoms with van der Waals surface area (Å²) in [5, 5.41) is 104. The molecule has 2 aliphatic heterocycles. The standard InChI is InChI=1S/C48H78N2O16/c1-4-50-47(62)44-38(56)22-24-63-42(44)29-36(66-48-46(61)45(49)41(59)30-64-48)18-16-14-12-10-8-6-5-7-9-11-13-15-17-31(2)39(57)25-32(3)65-43(60)28-35(54)26-33(52)19-20-37(55)40(58)27-34(53)21-23-51/h5-18,31-42,44-46,48,51-59,61H,4,19-30,49H2,1-3H3,(H,50,62)/b6-5+,9-7+,10-8+,13-11+,14-12+,17-15+,18-16+/t31-,32-,33?,34?,35?,36?,37?,38-,39-,40?,41+,42-,44+,45-,46-,48-/m0/s1. The van der Waals surface area contributed by atoms with Gasteiger partial charge in [-0.2, -0.15) is 0 Å². The molecule has 6 unspecified atom stereocenters. The maximum atomic E-state index is 12.8. The summed E-state index contributed by atoms with van der Waals surface area (Å²) in [6.45, 7) is 5.56. The third kappa shape index (κ3) is 23.5. The second-order valence-electron chi connectivity index (χ2n) is 17.0. The van der Waals surface area contributed by atoms with Crippen molar-refractivity contribution in [2.75, 3.05) is 26.4 Å². The van der Waals surface area contributed by atoms with Crippen LogP contribution in [0.5, 0.6) is 0 Å². The summed E-state index contributed by atoms with van der Waals surface area (Å²) >= 11 is 0. The number of allylic oxidation sites excluding steroid dienone is 12. The molecule has 0 spiro atoms. The lowest BCUT2D eigenvalue weighted by molar-refractivity contribution is -0.255. The number of rotatable bonds is 30. The maximum Gasteiger partial charge on any atom is 0.308 e. The van der Waals surface area contributed by atoms with Gasteiger partial charge in [0.2, 0.25) is 5.91 Å². The van der Waals surface area contributed by atoms with Gasteiger partial charge in [0.05, 0.1) is 86.0 Å². The highest BCUT2D eigenvalue weighted by Gasteiger charge is 2.42. The number of carbonyl (C=O) groups excluding carboxylic acids is 2. The number of carbonyl (C=O) groups is 2. The van der Waals surface area contributed by atoms with Crippen molar-refractivity contribution in [2.24, 2.45) is 17.6 Å². The highest BCUT2D eigenvalue weighted by molar-refractivity contribution is 5.80. The van der Waals surface area contributed by atoms with E-state index in [-0.39, 0.29) is 83.0 Å². The van der Waals surface area contributed by atoms with Gasteiger partial charge in [0, 0.05) is 44.9 Å².